The summed E-state index contributed by atoms with van der Waals surface area (Å²) < 4.78 is 0. The molecule has 3 aliphatic carbocycles. The van der Waals surface area contributed by atoms with Crippen molar-refractivity contribution in [2.75, 3.05) is 0 Å². The molecule has 0 aliphatic heterocycles. The first-order chi connectivity index (χ1) is 5.03. The molecule has 0 aromatic rings. The Balaban J connectivity index is 2.17. The lowest BCUT2D eigenvalue weighted by atomic mass is 9.45. The molecule has 0 saturated heterocycles. The maximum absolute atomic E-state index is 6.02. The van der Waals surface area contributed by atoms with Gasteiger partial charge in [0.1, 0.15) is 0 Å². The molecule has 0 amide bonds. The molecule has 2 bridgehead atoms. The van der Waals surface area contributed by atoms with E-state index in [9.17, 15) is 0 Å². The zero-order valence-electron chi connectivity index (χ0n) is 7.80. The fourth-order valence-corrected chi connectivity index (χ4v) is 3.19. The minimum atomic E-state index is 0.492. The van der Waals surface area contributed by atoms with E-state index in [1.165, 1.54) is 12.8 Å². The molecule has 3 saturated carbocycles. The van der Waals surface area contributed by atoms with Crippen molar-refractivity contribution in [3.8, 4) is 0 Å². The first kappa shape index (κ1) is 7.60. The molecule has 0 spiro atoms. The zero-order chi connectivity index (χ0) is 8.22. The van der Waals surface area contributed by atoms with Gasteiger partial charge < -0.3 is 5.73 Å². The van der Waals surface area contributed by atoms with E-state index < -0.39 is 0 Å². The quantitative estimate of drug-likeness (QED) is 0.566. The van der Waals surface area contributed by atoms with E-state index in [2.05, 4.69) is 20.8 Å². The molecule has 0 aromatic carbocycles. The van der Waals surface area contributed by atoms with Crippen molar-refractivity contribution >= 4 is 0 Å². The third-order valence-corrected chi connectivity index (χ3v) is 4.41. The predicted octanol–water partition coefficient (Wildman–Crippen LogP) is 2.02. The number of rotatable bonds is 0. The van der Waals surface area contributed by atoms with Gasteiger partial charge >= 0.3 is 0 Å². The second-order valence-corrected chi connectivity index (χ2v) is 5.12. The van der Waals surface area contributed by atoms with Gasteiger partial charge in [0.25, 0.3) is 0 Å². The molecule has 3 fully saturated rings. The highest BCUT2D eigenvalue weighted by Crippen LogP contribution is 2.60. The Morgan fingerprint density at radius 2 is 1.91 bits per heavy atom. The molecular weight excluding hydrogens is 134 g/mol. The third kappa shape index (κ3) is 0.807. The summed E-state index contributed by atoms with van der Waals surface area (Å²) in [5, 5.41) is 0. The Labute approximate surface area is 69.4 Å². The van der Waals surface area contributed by atoms with Crippen LogP contribution in [-0.4, -0.2) is 6.04 Å². The Hall–Kier alpha value is -0.0400. The van der Waals surface area contributed by atoms with Gasteiger partial charge in [-0.25, -0.2) is 0 Å². The summed E-state index contributed by atoms with van der Waals surface area (Å²) in [5.74, 6) is 2.60. The van der Waals surface area contributed by atoms with Crippen LogP contribution in [0.1, 0.15) is 33.6 Å². The van der Waals surface area contributed by atoms with Gasteiger partial charge in [-0.05, 0) is 36.0 Å². The van der Waals surface area contributed by atoms with Crippen LogP contribution >= 0.6 is 0 Å². The predicted molar refractivity (Wildman–Crippen MR) is 47.1 cm³/mol. The van der Waals surface area contributed by atoms with E-state index in [1.807, 2.05) is 0 Å². The van der Waals surface area contributed by atoms with Gasteiger partial charge in [0.15, 0.2) is 0 Å². The van der Waals surface area contributed by atoms with Crippen molar-refractivity contribution in [2.24, 2.45) is 28.9 Å². The van der Waals surface area contributed by atoms with Crippen LogP contribution in [0.3, 0.4) is 0 Å². The average Bonchev–Trinajstić information content (AvgIpc) is 1.93. The molecule has 3 aliphatic rings. The number of fused-ring (bicyclic) bond motifs is 2. The van der Waals surface area contributed by atoms with E-state index in [-0.39, 0.29) is 0 Å². The second kappa shape index (κ2) is 2.01. The first-order valence-electron chi connectivity index (χ1n) is 4.79. The average molecular weight is 153 g/mol. The lowest BCUT2D eigenvalue weighted by Gasteiger charge is -2.61. The van der Waals surface area contributed by atoms with Gasteiger partial charge in [-0.1, -0.05) is 20.8 Å². The van der Waals surface area contributed by atoms with E-state index in [4.69, 9.17) is 5.73 Å². The lowest BCUT2D eigenvalue weighted by molar-refractivity contribution is -0.108. The maximum atomic E-state index is 6.02. The van der Waals surface area contributed by atoms with Crippen LogP contribution in [0.4, 0.5) is 0 Å². The molecule has 2 N–H and O–H groups in total. The van der Waals surface area contributed by atoms with Crippen molar-refractivity contribution < 1.29 is 0 Å². The molecule has 11 heavy (non-hydrogen) atoms. The highest BCUT2D eigenvalue weighted by molar-refractivity contribution is 5.06. The fraction of sp³-hybridized carbons (Fsp3) is 1.00. The lowest BCUT2D eigenvalue weighted by Crippen LogP contribution is -2.58. The largest absolute Gasteiger partial charge is 0.327 e. The Morgan fingerprint density at radius 1 is 1.27 bits per heavy atom. The van der Waals surface area contributed by atoms with Crippen LogP contribution in [0.2, 0.25) is 0 Å². The minimum Gasteiger partial charge on any atom is -0.327 e. The van der Waals surface area contributed by atoms with Gasteiger partial charge in [0.05, 0.1) is 0 Å². The Morgan fingerprint density at radius 3 is 2.27 bits per heavy atom. The number of nitrogens with two attached hydrogens (primary N) is 1. The SMILES string of the molecule is CC1C(N)C[C@@H]2C[C@H]1C2(C)C. The van der Waals surface area contributed by atoms with Crippen LogP contribution in [0.25, 0.3) is 0 Å². The molecule has 0 aromatic heterocycles. The normalized spacial score (nSPS) is 53.5. The highest BCUT2D eigenvalue weighted by Gasteiger charge is 2.55. The van der Waals surface area contributed by atoms with Crippen LogP contribution in [-0.2, 0) is 0 Å². The van der Waals surface area contributed by atoms with Gasteiger partial charge in [-0.3, -0.25) is 0 Å². The van der Waals surface area contributed by atoms with E-state index in [0.717, 1.165) is 17.8 Å². The molecule has 4 atom stereocenters. The number of hydrogen-bond donors (Lipinski definition) is 1. The van der Waals surface area contributed by atoms with Crippen LogP contribution in [0, 0.1) is 23.2 Å². The summed E-state index contributed by atoms with van der Waals surface area (Å²) >= 11 is 0. The van der Waals surface area contributed by atoms with E-state index in [1.54, 1.807) is 0 Å². The van der Waals surface area contributed by atoms with Crippen molar-refractivity contribution in [1.29, 1.82) is 0 Å². The van der Waals surface area contributed by atoms with Crippen molar-refractivity contribution in [3.63, 3.8) is 0 Å². The molecule has 1 nitrogen and oxygen atoms in total. The van der Waals surface area contributed by atoms with Crippen LogP contribution in [0.15, 0.2) is 0 Å². The van der Waals surface area contributed by atoms with E-state index in [0.29, 0.717) is 11.5 Å². The second-order valence-electron chi connectivity index (χ2n) is 5.12. The summed E-state index contributed by atoms with van der Waals surface area (Å²) in [4.78, 5) is 0. The fourth-order valence-electron chi connectivity index (χ4n) is 3.19. The maximum Gasteiger partial charge on any atom is 0.00702 e. The third-order valence-electron chi connectivity index (χ3n) is 4.41. The molecular formula is C10H19N. The van der Waals surface area contributed by atoms with Crippen LogP contribution in [0.5, 0.6) is 0 Å². The standard InChI is InChI=1S/C10H19N/c1-6-8-4-7(5-9(6)11)10(8,2)3/h6-9H,4-5,11H2,1-3H3/t6?,7-,8+,9?/m0/s1. The summed E-state index contributed by atoms with van der Waals surface area (Å²) in [5.41, 5.74) is 6.63. The summed E-state index contributed by atoms with van der Waals surface area (Å²) in [6.45, 7) is 7.15. The van der Waals surface area contributed by atoms with Gasteiger partial charge in [-0.15, -0.1) is 0 Å². The first-order valence-corrected chi connectivity index (χ1v) is 4.79. The molecule has 1 heteroatoms. The monoisotopic (exact) mass is 153 g/mol. The number of hydrogen-bond acceptors (Lipinski definition) is 1. The van der Waals surface area contributed by atoms with Gasteiger partial charge in [0.2, 0.25) is 0 Å². The summed E-state index contributed by atoms with van der Waals surface area (Å²) in [6, 6.07) is 0.492. The minimum absolute atomic E-state index is 0.492. The van der Waals surface area contributed by atoms with Crippen LogP contribution < -0.4 is 5.73 Å². The van der Waals surface area contributed by atoms with Crippen molar-refractivity contribution in [1.82, 2.24) is 0 Å². The smallest absolute Gasteiger partial charge is 0.00702 e. The molecule has 64 valence electrons. The van der Waals surface area contributed by atoms with Crippen molar-refractivity contribution in [3.05, 3.63) is 0 Å². The molecule has 3 rings (SSSR count). The topological polar surface area (TPSA) is 26.0 Å². The van der Waals surface area contributed by atoms with Gasteiger partial charge in [0, 0.05) is 6.04 Å². The Kier molecular flexibility index (Phi) is 1.39. The van der Waals surface area contributed by atoms with E-state index >= 15 is 0 Å². The summed E-state index contributed by atoms with van der Waals surface area (Å²) in [6.07, 6.45) is 2.71. The van der Waals surface area contributed by atoms with Gasteiger partial charge in [-0.2, -0.15) is 0 Å². The molecule has 0 heterocycles. The highest BCUT2D eigenvalue weighted by atomic mass is 14.7. The summed E-state index contributed by atoms with van der Waals surface area (Å²) in [7, 11) is 0. The molecule has 0 radical (unpaired) electrons. The molecule has 2 unspecified atom stereocenters. The van der Waals surface area contributed by atoms with Crippen molar-refractivity contribution in [2.45, 2.75) is 39.7 Å². The Bertz CT molecular complexity index is 174. The zero-order valence-corrected chi connectivity index (χ0v) is 7.80.